The first-order chi connectivity index (χ1) is 24.5. The summed E-state index contributed by atoms with van der Waals surface area (Å²) in [5, 5.41) is 22.2. The summed E-state index contributed by atoms with van der Waals surface area (Å²) in [5.41, 5.74) is 2.76. The molecule has 3 aliphatic rings. The molecule has 3 aromatic carbocycles. The Bertz CT molecular complexity index is 1910. The second kappa shape index (κ2) is 15.1. The van der Waals surface area contributed by atoms with Crippen LogP contribution in [-0.4, -0.2) is 58.6 Å². The van der Waals surface area contributed by atoms with Crippen molar-refractivity contribution in [3.8, 4) is 11.5 Å². The van der Waals surface area contributed by atoms with E-state index >= 15 is 0 Å². The molecule has 3 amide bonds. The third-order valence-electron chi connectivity index (χ3n) is 10.2. The summed E-state index contributed by atoms with van der Waals surface area (Å²) in [7, 11) is 0. The molecule has 6 rings (SSSR count). The smallest absolute Gasteiger partial charge is 0.266 e. The number of hydrogen-bond acceptors (Lipinski definition) is 6. The molecule has 3 aliphatic heterocycles. The minimum Gasteiger partial charge on any atom is -0.454 e. The van der Waals surface area contributed by atoms with Crippen LogP contribution in [0.2, 0.25) is 0 Å². The van der Waals surface area contributed by atoms with Crippen molar-refractivity contribution in [1.29, 1.82) is 0 Å². The van der Waals surface area contributed by atoms with Crippen LogP contribution in [0.1, 0.15) is 75.7 Å². The fourth-order valence-corrected chi connectivity index (χ4v) is 7.24. The molecule has 0 spiro atoms. The fourth-order valence-electron chi connectivity index (χ4n) is 7.24. The lowest BCUT2D eigenvalue weighted by atomic mass is 9.82. The molecule has 0 bridgehead atoms. The van der Waals surface area contributed by atoms with E-state index in [1.165, 1.54) is 5.57 Å². The Morgan fingerprint density at radius 3 is 2.51 bits per heavy atom. The Balaban J connectivity index is 1.37. The standard InChI is InChI=1S/C42H47N3O6/c1-28(2)12-9-13-29(3)23-25-44-35-22-21-31(45-36-17-6-8-19-38(36)51-37-18-7-5-16-33(37)40(45)48)26-34(35)42(50,41(44)49)30(4)14-10-20-39(47)43-24-11-15-32(43)27-46/h5-8,10,12,14,16-19,21-23,26,30,32,46,50H,9,11,13,15,20,24-25,27H2,1-4H3/b14-10+,29-23+/t30-,32-,42+/m0/s1. The van der Waals surface area contributed by atoms with Gasteiger partial charge in [0.2, 0.25) is 5.91 Å². The van der Waals surface area contributed by atoms with Crippen molar-refractivity contribution < 1.29 is 29.3 Å². The number of aliphatic hydroxyl groups is 2. The molecule has 1 fully saturated rings. The molecule has 3 heterocycles. The van der Waals surface area contributed by atoms with Crippen LogP contribution in [0.4, 0.5) is 17.1 Å². The van der Waals surface area contributed by atoms with Crippen LogP contribution in [0.5, 0.6) is 11.5 Å². The zero-order chi connectivity index (χ0) is 36.3. The number of hydrogen-bond donors (Lipinski definition) is 2. The van der Waals surface area contributed by atoms with Gasteiger partial charge in [-0.15, -0.1) is 0 Å². The van der Waals surface area contributed by atoms with Crippen molar-refractivity contribution >= 4 is 34.8 Å². The van der Waals surface area contributed by atoms with Crippen molar-refractivity contribution in [3.05, 3.63) is 113 Å². The predicted octanol–water partition coefficient (Wildman–Crippen LogP) is 7.56. The third-order valence-corrected chi connectivity index (χ3v) is 10.2. The summed E-state index contributed by atoms with van der Waals surface area (Å²) in [6.45, 7) is 8.76. The SMILES string of the molecule is CC(C)=CCC/C(C)=C/CN1C(=O)[C@@](O)([C@@H](C)/C=C/CC(=O)N2CCC[C@H]2CO)c2cc(N3C(=O)c4ccccc4Oc4ccccc43)ccc21. The van der Waals surface area contributed by atoms with E-state index in [0.717, 1.165) is 31.3 Å². The summed E-state index contributed by atoms with van der Waals surface area (Å²) in [5.74, 6) is -0.648. The Hall–Kier alpha value is -4.99. The van der Waals surface area contributed by atoms with Crippen LogP contribution in [0.25, 0.3) is 0 Å². The minimum atomic E-state index is -1.97. The first-order valence-corrected chi connectivity index (χ1v) is 17.8. The number of benzene rings is 3. The van der Waals surface area contributed by atoms with Gasteiger partial charge in [-0.3, -0.25) is 19.3 Å². The maximum atomic E-state index is 14.4. The molecule has 0 unspecified atom stereocenters. The molecule has 1 saturated heterocycles. The number of carbonyl (C=O) groups excluding carboxylic acids is 3. The van der Waals surface area contributed by atoms with E-state index in [0.29, 0.717) is 46.2 Å². The average Bonchev–Trinajstić information content (AvgIpc) is 3.65. The highest BCUT2D eigenvalue weighted by atomic mass is 16.5. The summed E-state index contributed by atoms with van der Waals surface area (Å²) in [6, 6.07) is 19.5. The summed E-state index contributed by atoms with van der Waals surface area (Å²) in [4.78, 5) is 46.5. The summed E-state index contributed by atoms with van der Waals surface area (Å²) >= 11 is 0. The number of likely N-dealkylation sites (tertiary alicyclic amines) is 1. The van der Waals surface area contributed by atoms with Gasteiger partial charge in [0, 0.05) is 36.7 Å². The molecular weight excluding hydrogens is 642 g/mol. The lowest BCUT2D eigenvalue weighted by molar-refractivity contribution is -0.139. The van der Waals surface area contributed by atoms with Crippen LogP contribution in [0.15, 0.2) is 102 Å². The fraction of sp³-hybridized carbons (Fsp3) is 0.357. The van der Waals surface area contributed by atoms with Gasteiger partial charge in [0.25, 0.3) is 11.8 Å². The van der Waals surface area contributed by atoms with Crippen molar-refractivity contribution in [2.75, 3.05) is 29.5 Å². The second-order valence-electron chi connectivity index (χ2n) is 13.9. The highest BCUT2D eigenvalue weighted by Crippen LogP contribution is 2.49. The van der Waals surface area contributed by atoms with Gasteiger partial charge in [-0.25, -0.2) is 0 Å². The molecule has 3 atom stereocenters. The van der Waals surface area contributed by atoms with E-state index in [9.17, 15) is 24.6 Å². The lowest BCUT2D eigenvalue weighted by Crippen LogP contribution is -2.44. The molecule has 0 radical (unpaired) electrons. The van der Waals surface area contributed by atoms with Gasteiger partial charge in [-0.2, -0.15) is 0 Å². The van der Waals surface area contributed by atoms with Crippen molar-refractivity contribution in [2.24, 2.45) is 5.92 Å². The Labute approximate surface area is 300 Å². The van der Waals surface area contributed by atoms with E-state index in [2.05, 4.69) is 19.9 Å². The topological polar surface area (TPSA) is 111 Å². The number of fused-ring (bicyclic) bond motifs is 3. The molecule has 0 aromatic heterocycles. The first-order valence-electron chi connectivity index (χ1n) is 17.8. The van der Waals surface area contributed by atoms with Crippen molar-refractivity contribution in [3.63, 3.8) is 0 Å². The molecule has 9 nitrogen and oxygen atoms in total. The van der Waals surface area contributed by atoms with Gasteiger partial charge in [-0.1, -0.05) is 66.6 Å². The van der Waals surface area contributed by atoms with Gasteiger partial charge in [-0.05, 0) is 88.9 Å². The number of ether oxygens (including phenoxy) is 1. The van der Waals surface area contributed by atoms with Gasteiger partial charge in [0.1, 0.15) is 5.75 Å². The number of nitrogens with zero attached hydrogens (tertiary/aromatic N) is 3. The largest absolute Gasteiger partial charge is 0.454 e. The number of allylic oxidation sites excluding steroid dienone is 3. The van der Waals surface area contributed by atoms with Crippen LogP contribution in [-0.2, 0) is 15.2 Å². The lowest BCUT2D eigenvalue weighted by Gasteiger charge is -2.28. The molecule has 266 valence electrons. The summed E-state index contributed by atoms with van der Waals surface area (Å²) < 4.78 is 6.20. The van der Waals surface area contributed by atoms with E-state index in [4.69, 9.17) is 4.74 Å². The molecule has 3 aromatic rings. The van der Waals surface area contributed by atoms with E-state index < -0.39 is 17.4 Å². The second-order valence-corrected chi connectivity index (χ2v) is 13.9. The molecule has 2 N–H and O–H groups in total. The molecule has 9 heteroatoms. The van der Waals surface area contributed by atoms with E-state index in [-0.39, 0.29) is 37.4 Å². The maximum absolute atomic E-state index is 14.4. The van der Waals surface area contributed by atoms with Crippen LogP contribution >= 0.6 is 0 Å². The number of carbonyl (C=O) groups is 3. The van der Waals surface area contributed by atoms with Gasteiger partial charge >= 0.3 is 0 Å². The minimum absolute atomic E-state index is 0.0698. The Kier molecular flexibility index (Phi) is 10.6. The predicted molar refractivity (Wildman–Crippen MR) is 199 cm³/mol. The van der Waals surface area contributed by atoms with Crippen LogP contribution in [0, 0.1) is 5.92 Å². The monoisotopic (exact) mass is 689 g/mol. The first kappa shape index (κ1) is 35.8. The zero-order valence-electron chi connectivity index (χ0n) is 29.8. The van der Waals surface area contributed by atoms with Crippen molar-refractivity contribution in [1.82, 2.24) is 4.90 Å². The van der Waals surface area contributed by atoms with Crippen LogP contribution < -0.4 is 14.5 Å². The normalized spacial score (nSPS) is 20.5. The number of aliphatic hydroxyl groups excluding tert-OH is 1. The van der Waals surface area contributed by atoms with Crippen LogP contribution in [0.3, 0.4) is 0 Å². The maximum Gasteiger partial charge on any atom is 0.266 e. The number of anilines is 3. The third kappa shape index (κ3) is 7.01. The molecular formula is C42H47N3O6. The average molecular weight is 690 g/mol. The Morgan fingerprint density at radius 2 is 1.75 bits per heavy atom. The summed E-state index contributed by atoms with van der Waals surface area (Å²) in [6.07, 6.45) is 11.1. The van der Waals surface area contributed by atoms with Gasteiger partial charge in [0.05, 0.1) is 29.6 Å². The van der Waals surface area contributed by atoms with Gasteiger partial charge in [0.15, 0.2) is 11.4 Å². The quantitative estimate of drug-likeness (QED) is 0.201. The molecule has 0 saturated carbocycles. The van der Waals surface area contributed by atoms with E-state index in [1.54, 1.807) is 76.2 Å². The molecule has 51 heavy (non-hydrogen) atoms. The highest BCUT2D eigenvalue weighted by molar-refractivity contribution is 6.15. The molecule has 0 aliphatic carbocycles. The number of amides is 3. The van der Waals surface area contributed by atoms with Gasteiger partial charge < -0.3 is 24.7 Å². The highest BCUT2D eigenvalue weighted by Gasteiger charge is 2.52. The van der Waals surface area contributed by atoms with Crippen molar-refractivity contribution in [2.45, 2.75) is 71.4 Å². The number of para-hydroxylation sites is 3. The Morgan fingerprint density at radius 1 is 1.00 bits per heavy atom. The van der Waals surface area contributed by atoms with E-state index in [1.807, 2.05) is 37.3 Å². The number of rotatable bonds is 11. The zero-order valence-corrected chi connectivity index (χ0v) is 29.8.